The number of aromatic carboxylic acids is 1. The Balaban J connectivity index is 2.84. The Morgan fingerprint density at radius 2 is 2.46 bits per heavy atom. The van der Waals surface area contributed by atoms with E-state index in [1.807, 2.05) is 6.92 Å². The summed E-state index contributed by atoms with van der Waals surface area (Å²) < 4.78 is 5.06. The zero-order valence-corrected chi connectivity index (χ0v) is 7.23. The summed E-state index contributed by atoms with van der Waals surface area (Å²) in [6, 6.07) is 0. The average Bonchev–Trinajstić information content (AvgIpc) is 2.15. The smallest absolute Gasteiger partial charge is 0.339 e. The predicted octanol–water partition coefficient (Wildman–Crippen LogP) is 0.711. The Morgan fingerprint density at radius 3 is 3.08 bits per heavy atom. The Morgan fingerprint density at radius 1 is 1.69 bits per heavy atom. The van der Waals surface area contributed by atoms with Crippen LogP contribution in [0.15, 0.2) is 12.5 Å². The van der Waals surface area contributed by atoms with Crippen LogP contribution in [-0.4, -0.2) is 27.7 Å². The van der Waals surface area contributed by atoms with Gasteiger partial charge < -0.3 is 9.84 Å². The van der Waals surface area contributed by atoms with Gasteiger partial charge in [0.05, 0.1) is 12.3 Å². The molecule has 0 aliphatic heterocycles. The molecule has 0 aromatic carbocycles. The van der Waals surface area contributed by atoms with Gasteiger partial charge in [-0.05, 0) is 6.92 Å². The number of rotatable bonds is 4. The number of carbonyl (C=O) groups is 1. The Bertz CT molecular complexity index is 301. The molecule has 0 fully saturated rings. The lowest BCUT2D eigenvalue weighted by atomic mass is 10.2. The van der Waals surface area contributed by atoms with Gasteiger partial charge in [0.25, 0.3) is 0 Å². The molecule has 0 aliphatic carbocycles. The molecule has 0 spiro atoms. The first-order valence-corrected chi connectivity index (χ1v) is 3.85. The molecule has 13 heavy (non-hydrogen) atoms. The van der Waals surface area contributed by atoms with Crippen LogP contribution in [0.2, 0.25) is 0 Å². The third-order valence-corrected chi connectivity index (χ3v) is 1.47. The number of hydrogen-bond donors (Lipinski definition) is 1. The topological polar surface area (TPSA) is 72.3 Å². The van der Waals surface area contributed by atoms with Crippen molar-refractivity contribution in [3.63, 3.8) is 0 Å². The van der Waals surface area contributed by atoms with Crippen molar-refractivity contribution in [1.82, 2.24) is 9.97 Å². The molecule has 5 nitrogen and oxygen atoms in total. The van der Waals surface area contributed by atoms with Crippen LogP contribution in [0.1, 0.15) is 23.0 Å². The van der Waals surface area contributed by atoms with Crippen molar-refractivity contribution < 1.29 is 14.6 Å². The highest BCUT2D eigenvalue weighted by Crippen LogP contribution is 2.04. The Kier molecular flexibility index (Phi) is 3.33. The lowest BCUT2D eigenvalue weighted by Crippen LogP contribution is -2.07. The molecule has 1 aromatic rings. The van der Waals surface area contributed by atoms with Crippen molar-refractivity contribution in [2.75, 3.05) is 6.61 Å². The van der Waals surface area contributed by atoms with E-state index in [4.69, 9.17) is 9.84 Å². The van der Waals surface area contributed by atoms with Crippen LogP contribution in [-0.2, 0) is 11.3 Å². The van der Waals surface area contributed by atoms with E-state index in [1.54, 1.807) is 0 Å². The van der Waals surface area contributed by atoms with Crippen LogP contribution in [0, 0.1) is 0 Å². The fourth-order valence-corrected chi connectivity index (χ4v) is 0.847. The van der Waals surface area contributed by atoms with Crippen molar-refractivity contribution in [1.29, 1.82) is 0 Å². The lowest BCUT2D eigenvalue weighted by molar-refractivity contribution is 0.0686. The molecule has 1 heterocycles. The minimum absolute atomic E-state index is 0.0935. The normalized spacial score (nSPS) is 9.92. The van der Waals surface area contributed by atoms with Gasteiger partial charge in [0.15, 0.2) is 0 Å². The summed E-state index contributed by atoms with van der Waals surface area (Å²) >= 11 is 0. The molecule has 1 rings (SSSR count). The van der Waals surface area contributed by atoms with Crippen LogP contribution in [0.25, 0.3) is 0 Å². The van der Waals surface area contributed by atoms with Crippen LogP contribution >= 0.6 is 0 Å². The van der Waals surface area contributed by atoms with Crippen molar-refractivity contribution in [3.8, 4) is 0 Å². The van der Waals surface area contributed by atoms with E-state index in [0.29, 0.717) is 12.3 Å². The van der Waals surface area contributed by atoms with Crippen LogP contribution < -0.4 is 0 Å². The van der Waals surface area contributed by atoms with Gasteiger partial charge in [-0.25, -0.2) is 14.8 Å². The zero-order chi connectivity index (χ0) is 9.68. The van der Waals surface area contributed by atoms with Crippen molar-refractivity contribution in [2.24, 2.45) is 0 Å². The van der Waals surface area contributed by atoms with E-state index in [9.17, 15) is 4.79 Å². The molecule has 0 atom stereocenters. The highest BCUT2D eigenvalue weighted by atomic mass is 16.5. The van der Waals surface area contributed by atoms with Gasteiger partial charge in [0.1, 0.15) is 11.9 Å². The second-order valence-corrected chi connectivity index (χ2v) is 2.33. The zero-order valence-electron chi connectivity index (χ0n) is 7.23. The number of nitrogens with zero attached hydrogens (tertiary/aromatic N) is 2. The molecule has 0 bridgehead atoms. The summed E-state index contributed by atoms with van der Waals surface area (Å²) in [7, 11) is 0. The summed E-state index contributed by atoms with van der Waals surface area (Å²) in [6.07, 6.45) is 2.57. The van der Waals surface area contributed by atoms with Gasteiger partial charge in [-0.3, -0.25) is 0 Å². The second-order valence-electron chi connectivity index (χ2n) is 2.33. The van der Waals surface area contributed by atoms with Crippen molar-refractivity contribution in [3.05, 3.63) is 23.8 Å². The summed E-state index contributed by atoms with van der Waals surface area (Å²) in [5, 5.41) is 8.73. The van der Waals surface area contributed by atoms with Gasteiger partial charge in [0.2, 0.25) is 0 Å². The molecule has 0 saturated carbocycles. The first-order chi connectivity index (χ1) is 6.25. The molecule has 1 aromatic heterocycles. The minimum atomic E-state index is -1.03. The number of ether oxygens (including phenoxy) is 1. The number of hydrogen-bond acceptors (Lipinski definition) is 4. The Labute approximate surface area is 75.4 Å². The molecule has 0 saturated heterocycles. The van der Waals surface area contributed by atoms with E-state index in [-0.39, 0.29) is 12.2 Å². The summed E-state index contributed by atoms with van der Waals surface area (Å²) in [5.74, 6) is -1.03. The van der Waals surface area contributed by atoms with Gasteiger partial charge in [-0.2, -0.15) is 0 Å². The summed E-state index contributed by atoms with van der Waals surface area (Å²) in [6.45, 7) is 2.57. The maximum Gasteiger partial charge on any atom is 0.339 e. The third kappa shape index (κ3) is 2.48. The van der Waals surface area contributed by atoms with Crippen molar-refractivity contribution in [2.45, 2.75) is 13.5 Å². The fourth-order valence-electron chi connectivity index (χ4n) is 0.847. The molecule has 0 unspecified atom stereocenters. The van der Waals surface area contributed by atoms with Crippen molar-refractivity contribution >= 4 is 5.97 Å². The highest BCUT2D eigenvalue weighted by Gasteiger charge is 2.10. The first-order valence-electron chi connectivity index (χ1n) is 3.85. The lowest BCUT2D eigenvalue weighted by Gasteiger charge is -2.02. The molecule has 5 heteroatoms. The number of carboxylic acids is 1. The Hall–Kier alpha value is -1.49. The minimum Gasteiger partial charge on any atom is -0.478 e. The second kappa shape index (κ2) is 4.51. The van der Waals surface area contributed by atoms with Gasteiger partial charge in [-0.1, -0.05) is 0 Å². The summed E-state index contributed by atoms with van der Waals surface area (Å²) in [5.41, 5.74) is 0.500. The molecular weight excluding hydrogens is 172 g/mol. The molecule has 0 aliphatic rings. The summed E-state index contributed by atoms with van der Waals surface area (Å²) in [4.78, 5) is 18.1. The van der Waals surface area contributed by atoms with Crippen LogP contribution in [0.3, 0.4) is 0 Å². The maximum absolute atomic E-state index is 10.6. The standard InChI is InChI=1S/C8H10N2O3/c1-2-13-4-7-6(8(11)12)3-9-5-10-7/h3,5H,2,4H2,1H3,(H,11,12). The SMILES string of the molecule is CCOCc1ncncc1C(=O)O. The fraction of sp³-hybridized carbons (Fsp3) is 0.375. The average molecular weight is 182 g/mol. The quantitative estimate of drug-likeness (QED) is 0.742. The van der Waals surface area contributed by atoms with Gasteiger partial charge in [0, 0.05) is 12.8 Å². The van der Waals surface area contributed by atoms with Gasteiger partial charge in [-0.15, -0.1) is 0 Å². The predicted molar refractivity (Wildman–Crippen MR) is 44.3 cm³/mol. The third-order valence-electron chi connectivity index (χ3n) is 1.47. The maximum atomic E-state index is 10.6. The molecular formula is C8H10N2O3. The molecule has 1 N–H and O–H groups in total. The van der Waals surface area contributed by atoms with E-state index in [2.05, 4.69) is 9.97 Å². The number of carboxylic acid groups (broad SMARTS) is 1. The van der Waals surface area contributed by atoms with Crippen LogP contribution in [0.4, 0.5) is 0 Å². The van der Waals surface area contributed by atoms with E-state index in [0.717, 1.165) is 0 Å². The monoisotopic (exact) mass is 182 g/mol. The number of aromatic nitrogens is 2. The van der Waals surface area contributed by atoms with E-state index < -0.39 is 5.97 Å². The van der Waals surface area contributed by atoms with Crippen LogP contribution in [0.5, 0.6) is 0 Å². The first kappa shape index (κ1) is 9.60. The van der Waals surface area contributed by atoms with E-state index >= 15 is 0 Å². The molecule has 0 radical (unpaired) electrons. The van der Waals surface area contributed by atoms with Gasteiger partial charge >= 0.3 is 5.97 Å². The highest BCUT2D eigenvalue weighted by molar-refractivity contribution is 5.88. The molecule has 70 valence electrons. The largest absolute Gasteiger partial charge is 0.478 e. The van der Waals surface area contributed by atoms with E-state index in [1.165, 1.54) is 12.5 Å². The molecule has 0 amide bonds.